The van der Waals surface area contributed by atoms with Crippen LogP contribution in [-0.2, 0) is 14.3 Å². The predicted octanol–water partition coefficient (Wildman–Crippen LogP) is 8.78. The van der Waals surface area contributed by atoms with Gasteiger partial charge in [0.1, 0.15) is 11.9 Å². The van der Waals surface area contributed by atoms with Crippen LogP contribution < -0.4 is 0 Å². The molecular weight excluding hydrogens is 562 g/mol. The number of ketones is 1. The Morgan fingerprint density at radius 3 is 2.31 bits per heavy atom. The number of aromatic nitrogens is 1. The Bertz CT molecular complexity index is 1320. The molecule has 6 rings (SSSR count). The van der Waals surface area contributed by atoms with Crippen LogP contribution in [0.3, 0.4) is 0 Å². The largest absolute Gasteiger partial charge is 0.481 e. The maximum Gasteiger partial charge on any atom is 0.339 e. The third kappa shape index (κ3) is 4.76. The van der Waals surface area contributed by atoms with Crippen LogP contribution in [0.5, 0.6) is 0 Å². The van der Waals surface area contributed by atoms with Crippen molar-refractivity contribution >= 4 is 17.7 Å². The van der Waals surface area contributed by atoms with Gasteiger partial charge in [0.05, 0.1) is 12.0 Å². The molecule has 5 unspecified atom stereocenters. The Hall–Kier alpha value is -2.24. The second-order valence-electron chi connectivity index (χ2n) is 17.6. The van der Waals surface area contributed by atoms with E-state index in [1.54, 1.807) is 24.5 Å². The molecule has 0 amide bonds. The minimum atomic E-state index is -0.863. The Labute approximate surface area is 270 Å². The number of carbonyl (C=O) groups excluding carboxylic acids is 2. The van der Waals surface area contributed by atoms with Gasteiger partial charge in [0, 0.05) is 29.6 Å². The van der Waals surface area contributed by atoms with Gasteiger partial charge in [-0.15, -0.1) is 0 Å². The minimum Gasteiger partial charge on any atom is -0.481 e. The molecule has 0 bridgehead atoms. The van der Waals surface area contributed by atoms with Crippen molar-refractivity contribution in [3.8, 4) is 0 Å². The molecule has 1 N–H and O–H groups in total. The molecule has 248 valence electrons. The smallest absolute Gasteiger partial charge is 0.339 e. The average Bonchev–Trinajstić information content (AvgIpc) is 3.39. The number of fused-ring (bicyclic) bond motifs is 7. The Balaban J connectivity index is 1.29. The zero-order chi connectivity index (χ0) is 32.6. The second kappa shape index (κ2) is 11.2. The van der Waals surface area contributed by atoms with E-state index in [0.29, 0.717) is 41.1 Å². The Morgan fingerprint density at radius 1 is 0.889 bits per heavy atom. The average molecular weight is 620 g/mol. The second-order valence-corrected chi connectivity index (χ2v) is 17.6. The lowest BCUT2D eigenvalue weighted by Gasteiger charge is -2.73. The third-order valence-corrected chi connectivity index (χ3v) is 15.5. The normalized spacial score (nSPS) is 43.4. The quantitative estimate of drug-likeness (QED) is 0.307. The zero-order valence-corrected chi connectivity index (χ0v) is 28.9. The van der Waals surface area contributed by atoms with Crippen molar-refractivity contribution in [3.05, 3.63) is 30.1 Å². The fraction of sp³-hybridized carbons (Fsp3) is 0.795. The number of nitrogens with zero attached hydrogens (tertiary/aromatic N) is 1. The number of esters is 1. The number of carboxylic acids is 1. The first-order chi connectivity index (χ1) is 21.1. The molecule has 0 spiro atoms. The minimum absolute atomic E-state index is 0.0462. The lowest BCUT2D eigenvalue weighted by atomic mass is 9.32. The highest BCUT2D eigenvalue weighted by Crippen LogP contribution is 2.77. The van der Waals surface area contributed by atoms with Gasteiger partial charge in [-0.3, -0.25) is 14.6 Å². The van der Waals surface area contributed by atoms with Crippen LogP contribution in [0.4, 0.5) is 0 Å². The van der Waals surface area contributed by atoms with Crippen molar-refractivity contribution in [1.82, 2.24) is 4.98 Å². The number of Topliss-reactive ketones (excluding diaryl/α,β-unsaturated/α-hetero) is 1. The van der Waals surface area contributed by atoms with Crippen molar-refractivity contribution in [2.45, 2.75) is 132 Å². The van der Waals surface area contributed by atoms with E-state index in [1.807, 2.05) is 0 Å². The van der Waals surface area contributed by atoms with Gasteiger partial charge in [-0.05, 0) is 128 Å². The van der Waals surface area contributed by atoms with E-state index in [1.165, 1.54) is 19.3 Å². The summed E-state index contributed by atoms with van der Waals surface area (Å²) in [5.41, 5.74) is 0.548. The molecule has 1 aromatic heterocycles. The standard InChI is InChI=1S/C39H57NO5/c1-24(2)26-14-19-39(30(41)12-13-32(42)43)21-20-37(6)27(33(26)39)10-11-29-36(5)17-16-31(45-34(44)25-9-8-22-40-23-25)35(3,4)28(36)15-18-38(29,37)7/h8-9,22-24,26-29,31,33H,10-21H2,1-7H3,(H,42,43)/t26?,27?,28?,29?,31-,33?,36+,37-,38-,39-/m1/s1. The number of rotatable bonds is 7. The Morgan fingerprint density at radius 2 is 1.64 bits per heavy atom. The highest BCUT2D eigenvalue weighted by atomic mass is 16.5. The summed E-state index contributed by atoms with van der Waals surface area (Å²) < 4.78 is 6.26. The summed E-state index contributed by atoms with van der Waals surface area (Å²) in [5.74, 6) is 2.09. The van der Waals surface area contributed by atoms with Gasteiger partial charge >= 0.3 is 11.9 Å². The molecule has 45 heavy (non-hydrogen) atoms. The summed E-state index contributed by atoms with van der Waals surface area (Å²) in [4.78, 5) is 42.7. The molecule has 0 radical (unpaired) electrons. The predicted molar refractivity (Wildman–Crippen MR) is 174 cm³/mol. The van der Waals surface area contributed by atoms with Crippen molar-refractivity contribution in [2.24, 2.45) is 62.6 Å². The highest BCUT2D eigenvalue weighted by molar-refractivity contribution is 5.89. The maximum atomic E-state index is 14.0. The van der Waals surface area contributed by atoms with Crippen molar-refractivity contribution < 1.29 is 24.2 Å². The van der Waals surface area contributed by atoms with E-state index in [4.69, 9.17) is 4.74 Å². The van der Waals surface area contributed by atoms with E-state index in [0.717, 1.165) is 44.9 Å². The fourth-order valence-electron chi connectivity index (χ4n) is 13.2. The molecule has 6 nitrogen and oxygen atoms in total. The van der Waals surface area contributed by atoms with Gasteiger partial charge in [-0.1, -0.05) is 48.5 Å². The number of ether oxygens (including phenoxy) is 1. The monoisotopic (exact) mass is 619 g/mol. The van der Waals surface area contributed by atoms with Crippen LogP contribution in [0.15, 0.2) is 24.5 Å². The van der Waals surface area contributed by atoms with Gasteiger partial charge in [0.25, 0.3) is 0 Å². The Kier molecular flexibility index (Phi) is 8.13. The summed E-state index contributed by atoms with van der Waals surface area (Å²) in [6.07, 6.45) is 14.0. The molecule has 1 aromatic rings. The maximum absolute atomic E-state index is 14.0. The highest BCUT2D eigenvalue weighted by Gasteiger charge is 2.72. The van der Waals surface area contributed by atoms with Crippen LogP contribution in [0.2, 0.25) is 0 Å². The van der Waals surface area contributed by atoms with E-state index in [-0.39, 0.29) is 57.8 Å². The van der Waals surface area contributed by atoms with Crippen molar-refractivity contribution in [2.75, 3.05) is 0 Å². The topological polar surface area (TPSA) is 93.6 Å². The molecule has 1 heterocycles. The first kappa shape index (κ1) is 32.7. The number of hydrogen-bond acceptors (Lipinski definition) is 5. The number of aliphatic carboxylic acids is 1. The summed E-state index contributed by atoms with van der Waals surface area (Å²) >= 11 is 0. The summed E-state index contributed by atoms with van der Waals surface area (Å²) in [6.45, 7) is 17.2. The van der Waals surface area contributed by atoms with Crippen molar-refractivity contribution in [3.63, 3.8) is 0 Å². The van der Waals surface area contributed by atoms with Gasteiger partial charge < -0.3 is 9.84 Å². The van der Waals surface area contributed by atoms with E-state index in [2.05, 4.69) is 53.5 Å². The van der Waals surface area contributed by atoms with Gasteiger partial charge in [-0.25, -0.2) is 4.79 Å². The number of carbonyl (C=O) groups is 3. The lowest BCUT2D eigenvalue weighted by molar-refractivity contribution is -0.247. The lowest BCUT2D eigenvalue weighted by Crippen LogP contribution is -2.67. The first-order valence-corrected chi connectivity index (χ1v) is 18.0. The van der Waals surface area contributed by atoms with Crippen LogP contribution >= 0.6 is 0 Å². The molecule has 0 aliphatic heterocycles. The molecule has 0 saturated heterocycles. The number of hydrogen-bond donors (Lipinski definition) is 1. The molecule has 5 saturated carbocycles. The van der Waals surface area contributed by atoms with Gasteiger partial charge in [-0.2, -0.15) is 0 Å². The molecule has 10 atom stereocenters. The van der Waals surface area contributed by atoms with Gasteiger partial charge in [0.15, 0.2) is 0 Å². The fourth-order valence-corrected chi connectivity index (χ4v) is 13.2. The molecule has 5 aliphatic carbocycles. The first-order valence-electron chi connectivity index (χ1n) is 18.0. The van der Waals surface area contributed by atoms with Gasteiger partial charge in [0.2, 0.25) is 0 Å². The molecule has 5 aliphatic rings. The van der Waals surface area contributed by atoms with Crippen LogP contribution in [0, 0.1) is 62.6 Å². The van der Waals surface area contributed by atoms with Crippen molar-refractivity contribution in [1.29, 1.82) is 0 Å². The SMILES string of the molecule is CC(C)C1CC[C@]2(C(=O)CCC(=O)O)CC[C@]3(C)C(CCC4[C@@]5(C)CC[C@@H](OC(=O)c6cccnc6)C(C)(C)C5CC[C@]43C)C12. The van der Waals surface area contributed by atoms with Crippen LogP contribution in [-0.4, -0.2) is 33.9 Å². The molecule has 6 heteroatoms. The zero-order valence-electron chi connectivity index (χ0n) is 28.9. The number of carboxylic acid groups (broad SMARTS) is 1. The summed E-state index contributed by atoms with van der Waals surface area (Å²) in [6, 6.07) is 3.57. The summed E-state index contributed by atoms with van der Waals surface area (Å²) in [5, 5.41) is 9.42. The number of pyridine rings is 1. The van der Waals surface area contributed by atoms with Crippen LogP contribution in [0.25, 0.3) is 0 Å². The van der Waals surface area contributed by atoms with E-state index < -0.39 is 5.97 Å². The molecule has 0 aromatic carbocycles. The van der Waals surface area contributed by atoms with E-state index in [9.17, 15) is 19.5 Å². The van der Waals surface area contributed by atoms with Crippen LogP contribution in [0.1, 0.15) is 136 Å². The third-order valence-electron chi connectivity index (χ3n) is 15.5. The molecular formula is C39H57NO5. The summed E-state index contributed by atoms with van der Waals surface area (Å²) in [7, 11) is 0. The molecule has 5 fully saturated rings. The van der Waals surface area contributed by atoms with E-state index >= 15 is 0 Å².